The van der Waals surface area contributed by atoms with Crippen molar-refractivity contribution in [2.24, 2.45) is 0 Å². The van der Waals surface area contributed by atoms with E-state index in [1.54, 1.807) is 0 Å². The molecule has 0 bridgehead atoms. The molecule has 10 heteroatoms. The molecule has 0 rings (SSSR count). The molecule has 3 N–H and O–H groups in total. The van der Waals surface area contributed by atoms with Gasteiger partial charge in [0, 0.05) is 30.7 Å². The van der Waals surface area contributed by atoms with Gasteiger partial charge >= 0.3 is 0 Å². The van der Waals surface area contributed by atoms with Gasteiger partial charge in [0.1, 0.15) is 0 Å². The second kappa shape index (κ2) is 12.8. The summed E-state index contributed by atoms with van der Waals surface area (Å²) < 4.78 is 3.08. The van der Waals surface area contributed by atoms with E-state index < -0.39 is 27.4 Å². The van der Waals surface area contributed by atoms with Crippen LogP contribution in [-0.2, 0) is 0 Å². The van der Waals surface area contributed by atoms with Crippen molar-refractivity contribution in [3.8, 4) is 0 Å². The molecule has 0 amide bonds. The van der Waals surface area contributed by atoms with E-state index in [1.165, 1.54) is 67.0 Å². The van der Waals surface area contributed by atoms with Gasteiger partial charge in [0.25, 0.3) is 0 Å². The van der Waals surface area contributed by atoms with Crippen molar-refractivity contribution in [2.75, 3.05) is 21.1 Å². The van der Waals surface area contributed by atoms with Crippen molar-refractivity contribution in [1.82, 2.24) is 18.8 Å². The van der Waals surface area contributed by atoms with Crippen molar-refractivity contribution in [1.29, 1.82) is 0 Å². The molecule has 0 saturated heterocycles. The highest BCUT2D eigenvalue weighted by Crippen LogP contribution is 2.11. The van der Waals surface area contributed by atoms with Crippen LogP contribution in [0.15, 0.2) is 0 Å². The lowest BCUT2D eigenvalue weighted by atomic mass is 11.0. The van der Waals surface area contributed by atoms with Crippen molar-refractivity contribution in [3.05, 3.63) is 0 Å². The molecule has 19 heavy (non-hydrogen) atoms. The molecule has 0 heterocycles. The highest BCUT2D eigenvalue weighted by molar-refractivity contribution is 6.85. The largest absolute Gasteiger partial charge is 0.339 e. The van der Waals surface area contributed by atoms with Gasteiger partial charge in [-0.2, -0.15) is 0 Å². The first-order valence-corrected chi connectivity index (χ1v) is 18.0. The van der Waals surface area contributed by atoms with Crippen LogP contribution in [0.4, 0.5) is 0 Å². The molecule has 0 aromatic carbocycles. The summed E-state index contributed by atoms with van der Waals surface area (Å²) in [4.78, 5) is 11.2. The van der Waals surface area contributed by atoms with Crippen LogP contribution >= 0.6 is 0 Å². The van der Waals surface area contributed by atoms with E-state index in [-0.39, 0.29) is 0 Å². The lowest BCUT2D eigenvalue weighted by molar-refractivity contribution is 0.823. The Morgan fingerprint density at radius 2 is 0.947 bits per heavy atom. The highest BCUT2D eigenvalue weighted by Gasteiger charge is 2.32. The van der Waals surface area contributed by atoms with Gasteiger partial charge in [0.05, 0.1) is 0 Å². The Morgan fingerprint density at radius 3 is 1.11 bits per heavy atom. The Kier molecular flexibility index (Phi) is 13.6. The van der Waals surface area contributed by atoms with Gasteiger partial charge < -0.3 is 18.8 Å². The third kappa shape index (κ3) is 7.10. The van der Waals surface area contributed by atoms with Gasteiger partial charge in [-0.1, -0.05) is 18.1 Å². The molecule has 116 valence electrons. The fraction of sp³-hybridized carbons (Fsp3) is 1.00. The highest BCUT2D eigenvalue weighted by atomic mass is 28.4. The SMILES string of the molecule is CN[SiH](CC[SiH3])N([SiH](CC[SiH3])NC)[SiH](CC[SiH3])NC. The van der Waals surface area contributed by atoms with Crippen LogP contribution in [0.2, 0.25) is 36.3 Å². The summed E-state index contributed by atoms with van der Waals surface area (Å²) >= 11 is 0. The molecule has 0 radical (unpaired) electrons. The average Bonchev–Trinajstić information content (AvgIpc) is 2.43. The summed E-state index contributed by atoms with van der Waals surface area (Å²) in [6.45, 7) is 0. The fourth-order valence-corrected chi connectivity index (χ4v) is 22.6. The summed E-state index contributed by atoms with van der Waals surface area (Å²) in [5.74, 6) is 0. The van der Waals surface area contributed by atoms with Crippen LogP contribution in [-0.4, -0.2) is 83.1 Å². The van der Waals surface area contributed by atoms with Crippen LogP contribution < -0.4 is 14.9 Å². The minimum Gasteiger partial charge on any atom is -0.339 e. The first-order chi connectivity index (χ1) is 9.19. The van der Waals surface area contributed by atoms with Crippen LogP contribution in [0.25, 0.3) is 0 Å². The van der Waals surface area contributed by atoms with Crippen LogP contribution in [0.5, 0.6) is 0 Å². The second-order valence-electron chi connectivity index (χ2n) is 5.23. The van der Waals surface area contributed by atoms with E-state index in [1.807, 2.05) is 0 Å². The average molecular weight is 369 g/mol. The maximum atomic E-state index is 3.75. The smallest absolute Gasteiger partial charge is 0.175 e. The summed E-state index contributed by atoms with van der Waals surface area (Å²) in [5, 5.41) is 0. The standard InChI is InChI=1S/C9H36N4Si6/c1-10-17(7-4-14)13(18(11-2)8-5-15)19(12-3)9-6-16/h10-12,17-19H,4-9H2,1-3,14-16H3. The van der Waals surface area contributed by atoms with Crippen molar-refractivity contribution < 1.29 is 0 Å². The lowest BCUT2D eigenvalue weighted by Crippen LogP contribution is -2.68. The Labute approximate surface area is 134 Å². The monoisotopic (exact) mass is 368 g/mol. The summed E-state index contributed by atoms with van der Waals surface area (Å²) in [5.41, 5.74) is 0. The zero-order valence-corrected chi connectivity index (χ0v) is 23.4. The number of nitrogens with one attached hydrogen (secondary N) is 3. The molecular weight excluding hydrogens is 333 g/mol. The molecule has 0 aliphatic rings. The molecule has 0 spiro atoms. The quantitative estimate of drug-likeness (QED) is 0.307. The zero-order chi connectivity index (χ0) is 14.7. The minimum absolute atomic E-state index is 0.895. The number of rotatable bonds is 12. The van der Waals surface area contributed by atoms with Crippen LogP contribution in [0.3, 0.4) is 0 Å². The van der Waals surface area contributed by atoms with E-state index in [0.29, 0.717) is 0 Å². The van der Waals surface area contributed by atoms with Crippen LogP contribution in [0, 0.1) is 0 Å². The third-order valence-electron chi connectivity index (χ3n) is 3.77. The van der Waals surface area contributed by atoms with E-state index in [0.717, 1.165) is 0 Å². The van der Waals surface area contributed by atoms with Gasteiger partial charge in [0.2, 0.25) is 0 Å². The Hall–Kier alpha value is 1.14. The molecule has 0 aromatic heterocycles. The third-order valence-corrected chi connectivity index (χ3v) is 23.0. The molecule has 0 aliphatic heterocycles. The minimum atomic E-state index is -0.895. The van der Waals surface area contributed by atoms with Crippen LogP contribution in [0.1, 0.15) is 0 Å². The van der Waals surface area contributed by atoms with Gasteiger partial charge in [-0.25, -0.2) is 0 Å². The van der Waals surface area contributed by atoms with E-state index >= 15 is 0 Å². The van der Waals surface area contributed by atoms with E-state index in [2.05, 4.69) is 40.0 Å². The van der Waals surface area contributed by atoms with Gasteiger partial charge in [-0.05, 0) is 39.3 Å². The predicted octanol–water partition coefficient (Wildman–Crippen LogP) is -4.04. The molecular formula is C9H36N4Si6. The maximum absolute atomic E-state index is 3.75. The van der Waals surface area contributed by atoms with Crippen molar-refractivity contribution in [2.45, 2.75) is 36.3 Å². The maximum Gasteiger partial charge on any atom is 0.175 e. The number of hydrogen-bond donors (Lipinski definition) is 3. The number of nitrogens with zero attached hydrogens (tertiary/aromatic N) is 1. The first kappa shape index (κ1) is 20.1. The van der Waals surface area contributed by atoms with Crippen molar-refractivity contribution >= 4 is 58.1 Å². The van der Waals surface area contributed by atoms with Gasteiger partial charge in [-0.15, -0.1) is 0 Å². The van der Waals surface area contributed by atoms with Gasteiger partial charge in [0.15, 0.2) is 27.4 Å². The number of hydrogen-bond acceptors (Lipinski definition) is 4. The molecule has 0 saturated carbocycles. The summed E-state index contributed by atoms with van der Waals surface area (Å²) in [6, 6.07) is 8.81. The van der Waals surface area contributed by atoms with E-state index in [9.17, 15) is 0 Å². The lowest BCUT2D eigenvalue weighted by Gasteiger charge is -2.41. The molecule has 0 fully saturated rings. The Morgan fingerprint density at radius 1 is 0.684 bits per heavy atom. The van der Waals surface area contributed by atoms with E-state index in [4.69, 9.17) is 0 Å². The predicted molar refractivity (Wildman–Crippen MR) is 109 cm³/mol. The molecule has 4 nitrogen and oxygen atoms in total. The Bertz CT molecular complexity index is 180. The zero-order valence-electron chi connectivity index (χ0n) is 13.9. The molecule has 0 aromatic rings. The first-order valence-electron chi connectivity index (χ1n) is 7.99. The fourth-order valence-electron chi connectivity index (χ4n) is 2.80. The summed E-state index contributed by atoms with van der Waals surface area (Å²) in [7, 11) is 8.03. The van der Waals surface area contributed by atoms with Gasteiger partial charge in [-0.3, -0.25) is 0 Å². The normalized spacial score (nSPS) is 17.1. The second-order valence-corrected chi connectivity index (χ2v) is 18.4. The molecule has 3 unspecified atom stereocenters. The molecule has 0 aliphatic carbocycles. The topological polar surface area (TPSA) is 39.3 Å². The Balaban J connectivity index is 5.04. The van der Waals surface area contributed by atoms with Crippen molar-refractivity contribution in [3.63, 3.8) is 0 Å². The molecule has 3 atom stereocenters. The summed E-state index contributed by atoms with van der Waals surface area (Å²) in [6.07, 6.45) is 0.